The van der Waals surface area contributed by atoms with Crippen molar-refractivity contribution in [2.45, 2.75) is 56.2 Å². The molecule has 4 nitrogen and oxygen atoms in total. The summed E-state index contributed by atoms with van der Waals surface area (Å²) in [7, 11) is 0. The van der Waals surface area contributed by atoms with Gasteiger partial charge in [-0.25, -0.2) is 4.39 Å². The molecule has 1 aliphatic carbocycles. The second-order valence-corrected chi connectivity index (χ2v) is 8.46. The highest BCUT2D eigenvalue weighted by Crippen LogP contribution is 2.41. The van der Waals surface area contributed by atoms with Gasteiger partial charge in [0.2, 0.25) is 5.91 Å². The van der Waals surface area contributed by atoms with E-state index in [9.17, 15) is 14.3 Å². The van der Waals surface area contributed by atoms with Crippen LogP contribution >= 0.6 is 0 Å². The Labute approximate surface area is 171 Å². The van der Waals surface area contributed by atoms with Gasteiger partial charge in [-0.3, -0.25) is 9.69 Å². The predicted octanol–water partition coefficient (Wildman–Crippen LogP) is 3.39. The minimum Gasteiger partial charge on any atom is -0.392 e. The number of amides is 1. The monoisotopic (exact) mass is 396 g/mol. The van der Waals surface area contributed by atoms with E-state index < -0.39 is 5.41 Å². The summed E-state index contributed by atoms with van der Waals surface area (Å²) in [5.74, 6) is -0.249. The van der Waals surface area contributed by atoms with Crippen molar-refractivity contribution in [1.29, 1.82) is 0 Å². The highest BCUT2D eigenvalue weighted by Gasteiger charge is 2.43. The van der Waals surface area contributed by atoms with Crippen LogP contribution in [-0.4, -0.2) is 41.1 Å². The third kappa shape index (κ3) is 4.36. The summed E-state index contributed by atoms with van der Waals surface area (Å²) < 4.78 is 13.4. The smallest absolute Gasteiger partial charge is 0.230 e. The van der Waals surface area contributed by atoms with E-state index in [0.29, 0.717) is 19.5 Å². The molecule has 2 fully saturated rings. The van der Waals surface area contributed by atoms with E-state index >= 15 is 0 Å². The normalized spacial score (nSPS) is 23.9. The van der Waals surface area contributed by atoms with Crippen molar-refractivity contribution in [1.82, 2.24) is 10.2 Å². The zero-order valence-corrected chi connectivity index (χ0v) is 16.7. The van der Waals surface area contributed by atoms with Gasteiger partial charge in [-0.15, -0.1) is 0 Å². The largest absolute Gasteiger partial charge is 0.392 e. The van der Waals surface area contributed by atoms with Gasteiger partial charge in [0.15, 0.2) is 0 Å². The number of hydrogen-bond acceptors (Lipinski definition) is 3. The molecule has 1 heterocycles. The molecule has 2 aliphatic rings. The van der Waals surface area contributed by atoms with Gasteiger partial charge in [0.05, 0.1) is 11.5 Å². The van der Waals surface area contributed by atoms with Gasteiger partial charge in [-0.1, -0.05) is 55.3 Å². The fourth-order valence-electron chi connectivity index (χ4n) is 4.96. The van der Waals surface area contributed by atoms with Crippen LogP contribution in [0.3, 0.4) is 0 Å². The summed E-state index contributed by atoms with van der Waals surface area (Å²) >= 11 is 0. The molecule has 4 rings (SSSR count). The van der Waals surface area contributed by atoms with Crippen molar-refractivity contribution in [3.05, 3.63) is 71.5 Å². The fourth-order valence-corrected chi connectivity index (χ4v) is 4.96. The lowest BCUT2D eigenvalue weighted by Crippen LogP contribution is -2.47. The molecular weight excluding hydrogens is 367 g/mol. The molecule has 1 amide bonds. The van der Waals surface area contributed by atoms with Crippen molar-refractivity contribution in [2.24, 2.45) is 0 Å². The Morgan fingerprint density at radius 3 is 2.48 bits per heavy atom. The third-order valence-electron chi connectivity index (χ3n) is 6.52. The maximum atomic E-state index is 13.4. The van der Waals surface area contributed by atoms with Crippen LogP contribution in [0.4, 0.5) is 4.39 Å². The van der Waals surface area contributed by atoms with E-state index in [1.54, 1.807) is 12.1 Å². The standard InChI is InChI=1S/C24H29FN2O2/c25-20-10-8-19(9-11-20)24(12-4-5-13-24)23(29)26-15-21-14-22(28)17-27(21)16-18-6-2-1-3-7-18/h1-3,6-11,21-22,28H,4-5,12-17H2,(H,26,29)/t21-,22-/m0/s1. The number of aliphatic hydroxyl groups is 1. The first-order valence-electron chi connectivity index (χ1n) is 10.6. The van der Waals surface area contributed by atoms with Crippen molar-refractivity contribution >= 4 is 5.91 Å². The van der Waals surface area contributed by atoms with Crippen LogP contribution in [0.2, 0.25) is 0 Å². The van der Waals surface area contributed by atoms with E-state index in [4.69, 9.17) is 0 Å². The summed E-state index contributed by atoms with van der Waals surface area (Å²) in [5.41, 5.74) is 1.55. The Bertz CT molecular complexity index is 819. The van der Waals surface area contributed by atoms with Gasteiger partial charge in [-0.2, -0.15) is 0 Å². The average Bonchev–Trinajstić information content (AvgIpc) is 3.35. The predicted molar refractivity (Wildman–Crippen MR) is 111 cm³/mol. The molecule has 29 heavy (non-hydrogen) atoms. The lowest BCUT2D eigenvalue weighted by molar-refractivity contribution is -0.126. The van der Waals surface area contributed by atoms with Gasteiger partial charge >= 0.3 is 0 Å². The van der Waals surface area contributed by atoms with Crippen molar-refractivity contribution in [3.8, 4) is 0 Å². The molecule has 0 bridgehead atoms. The molecule has 2 atom stereocenters. The van der Waals surface area contributed by atoms with Crippen LogP contribution < -0.4 is 5.32 Å². The SMILES string of the molecule is O=C(NC[C@@H]1C[C@H](O)CN1Cc1ccccc1)C1(c2ccc(F)cc2)CCCC1. The minimum atomic E-state index is -0.560. The second kappa shape index (κ2) is 8.64. The number of carbonyl (C=O) groups is 1. The highest BCUT2D eigenvalue weighted by molar-refractivity contribution is 5.88. The van der Waals surface area contributed by atoms with Crippen LogP contribution in [0.25, 0.3) is 0 Å². The number of rotatable bonds is 6. The highest BCUT2D eigenvalue weighted by atomic mass is 19.1. The number of β-amino-alcohol motifs (C(OH)–C–C–N with tert-alkyl or cyclic N) is 1. The number of likely N-dealkylation sites (tertiary alicyclic amines) is 1. The number of aliphatic hydroxyl groups excluding tert-OH is 1. The molecule has 2 aromatic rings. The molecular formula is C24H29FN2O2. The summed E-state index contributed by atoms with van der Waals surface area (Å²) in [4.78, 5) is 15.5. The topological polar surface area (TPSA) is 52.6 Å². The Kier molecular flexibility index (Phi) is 5.97. The maximum absolute atomic E-state index is 13.4. The first-order valence-corrected chi connectivity index (χ1v) is 10.6. The molecule has 1 aliphatic heterocycles. The summed E-state index contributed by atoms with van der Waals surface area (Å²) in [6.45, 7) is 1.91. The molecule has 1 saturated carbocycles. The number of benzene rings is 2. The van der Waals surface area contributed by atoms with Gasteiger partial charge in [0.25, 0.3) is 0 Å². The van der Waals surface area contributed by atoms with Crippen molar-refractivity contribution in [3.63, 3.8) is 0 Å². The van der Waals surface area contributed by atoms with Crippen LogP contribution in [0.15, 0.2) is 54.6 Å². The molecule has 0 radical (unpaired) electrons. The minimum absolute atomic E-state index is 0.0302. The number of nitrogens with one attached hydrogen (secondary N) is 1. The van der Waals surface area contributed by atoms with Crippen molar-refractivity contribution in [2.75, 3.05) is 13.1 Å². The van der Waals surface area contributed by atoms with E-state index in [0.717, 1.165) is 37.8 Å². The van der Waals surface area contributed by atoms with Gasteiger partial charge in [0.1, 0.15) is 5.82 Å². The number of nitrogens with zero attached hydrogens (tertiary/aromatic N) is 1. The zero-order valence-electron chi connectivity index (χ0n) is 16.7. The molecule has 0 aromatic heterocycles. The Morgan fingerprint density at radius 1 is 1.10 bits per heavy atom. The fraction of sp³-hybridized carbons (Fsp3) is 0.458. The van der Waals surface area contributed by atoms with E-state index in [1.165, 1.54) is 17.7 Å². The lowest BCUT2D eigenvalue weighted by atomic mass is 9.78. The molecule has 1 saturated heterocycles. The third-order valence-corrected chi connectivity index (χ3v) is 6.52. The van der Waals surface area contributed by atoms with Crippen LogP contribution in [0, 0.1) is 5.82 Å². The summed E-state index contributed by atoms with van der Waals surface area (Å²) in [6, 6.07) is 16.7. The van der Waals surface area contributed by atoms with E-state index in [2.05, 4.69) is 22.3 Å². The van der Waals surface area contributed by atoms with Gasteiger partial charge in [0, 0.05) is 25.7 Å². The molecule has 0 spiro atoms. The molecule has 154 valence electrons. The Morgan fingerprint density at radius 2 is 1.79 bits per heavy atom. The number of carbonyl (C=O) groups excluding carboxylic acids is 1. The number of hydrogen-bond donors (Lipinski definition) is 2. The quantitative estimate of drug-likeness (QED) is 0.787. The Hall–Kier alpha value is -2.24. The molecule has 0 unspecified atom stereocenters. The summed E-state index contributed by atoms with van der Waals surface area (Å²) in [5, 5.41) is 13.4. The second-order valence-electron chi connectivity index (χ2n) is 8.46. The molecule has 2 N–H and O–H groups in total. The van der Waals surface area contributed by atoms with Gasteiger partial charge in [-0.05, 0) is 42.5 Å². The van der Waals surface area contributed by atoms with E-state index in [1.807, 2.05) is 18.2 Å². The average molecular weight is 397 g/mol. The van der Waals surface area contributed by atoms with Gasteiger partial charge < -0.3 is 10.4 Å². The number of halogens is 1. The van der Waals surface area contributed by atoms with E-state index in [-0.39, 0.29) is 23.9 Å². The molecule has 5 heteroatoms. The Balaban J connectivity index is 1.43. The molecule has 2 aromatic carbocycles. The summed E-state index contributed by atoms with van der Waals surface area (Å²) in [6.07, 6.45) is 3.91. The first kappa shape index (κ1) is 20.0. The van der Waals surface area contributed by atoms with Crippen LogP contribution in [0.5, 0.6) is 0 Å². The zero-order chi connectivity index (χ0) is 20.3. The van der Waals surface area contributed by atoms with Crippen molar-refractivity contribution < 1.29 is 14.3 Å². The lowest BCUT2D eigenvalue weighted by Gasteiger charge is -2.30. The maximum Gasteiger partial charge on any atom is 0.230 e. The van der Waals surface area contributed by atoms with Crippen LogP contribution in [-0.2, 0) is 16.8 Å². The first-order chi connectivity index (χ1) is 14.1. The van der Waals surface area contributed by atoms with Crippen LogP contribution in [0.1, 0.15) is 43.2 Å².